The van der Waals surface area contributed by atoms with Gasteiger partial charge in [-0.3, -0.25) is 0 Å². The lowest BCUT2D eigenvalue weighted by Gasteiger charge is -2.50. The lowest BCUT2D eigenvalue weighted by molar-refractivity contribution is -0.0220. The Morgan fingerprint density at radius 2 is 2.27 bits per heavy atom. The number of rotatable bonds is 1. The third-order valence-corrected chi connectivity index (χ3v) is 4.21. The second kappa shape index (κ2) is 3.18. The second-order valence-electron chi connectivity index (χ2n) is 5.19. The highest BCUT2D eigenvalue weighted by Gasteiger charge is 2.62. The Morgan fingerprint density at radius 3 is 2.87 bits per heavy atom. The standard InChI is InChI=1S/C10H17BFNO2/c1-11(14)13-7-3-2-4-8(13)9(12)10(5-7)6-15-10/h7-9,14H,2-6H2,1H3/t7?,8?,9-,10?/m0/s1. The lowest BCUT2D eigenvalue weighted by Crippen LogP contribution is -2.65. The predicted molar refractivity (Wildman–Crippen MR) is 55.3 cm³/mol. The van der Waals surface area contributed by atoms with E-state index >= 15 is 0 Å². The summed E-state index contributed by atoms with van der Waals surface area (Å²) >= 11 is 0. The van der Waals surface area contributed by atoms with Crippen LogP contribution in [0.4, 0.5) is 4.39 Å². The van der Waals surface area contributed by atoms with Gasteiger partial charge in [0, 0.05) is 12.1 Å². The molecule has 15 heavy (non-hydrogen) atoms. The maximum absolute atomic E-state index is 14.2. The molecule has 0 aromatic heterocycles. The second-order valence-corrected chi connectivity index (χ2v) is 5.19. The van der Waals surface area contributed by atoms with Crippen LogP contribution in [-0.2, 0) is 4.74 Å². The van der Waals surface area contributed by atoms with E-state index in [0.717, 1.165) is 25.7 Å². The molecule has 3 saturated heterocycles. The van der Waals surface area contributed by atoms with Gasteiger partial charge in [-0.1, -0.05) is 6.42 Å². The highest BCUT2D eigenvalue weighted by molar-refractivity contribution is 6.45. The monoisotopic (exact) mass is 213 g/mol. The van der Waals surface area contributed by atoms with Crippen molar-refractivity contribution in [1.82, 2.24) is 4.81 Å². The normalized spacial score (nSPS) is 49.4. The van der Waals surface area contributed by atoms with E-state index in [1.54, 1.807) is 6.82 Å². The molecular formula is C10H17BFNO2. The maximum Gasteiger partial charge on any atom is 0.376 e. The van der Waals surface area contributed by atoms with E-state index in [1.807, 2.05) is 4.81 Å². The zero-order valence-electron chi connectivity index (χ0n) is 9.03. The SMILES string of the molecule is CB(O)N1C2CCCC1[C@H](F)C1(CO1)C2. The van der Waals surface area contributed by atoms with Crippen LogP contribution in [0.15, 0.2) is 0 Å². The molecule has 3 unspecified atom stereocenters. The molecule has 3 aliphatic rings. The fraction of sp³-hybridized carbons (Fsp3) is 1.00. The van der Waals surface area contributed by atoms with Crippen molar-refractivity contribution in [3.63, 3.8) is 0 Å². The molecule has 3 fully saturated rings. The van der Waals surface area contributed by atoms with Gasteiger partial charge in [0.15, 0.2) is 0 Å². The van der Waals surface area contributed by atoms with Crippen molar-refractivity contribution < 1.29 is 14.2 Å². The van der Waals surface area contributed by atoms with Gasteiger partial charge in [-0.25, -0.2) is 4.39 Å². The number of piperidine rings is 2. The first-order valence-corrected chi connectivity index (χ1v) is 5.88. The number of fused-ring (bicyclic) bond motifs is 2. The molecule has 0 amide bonds. The van der Waals surface area contributed by atoms with Gasteiger partial charge in [0.05, 0.1) is 6.61 Å². The quantitative estimate of drug-likeness (QED) is 0.517. The van der Waals surface area contributed by atoms with Crippen molar-refractivity contribution in [2.75, 3.05) is 6.61 Å². The van der Waals surface area contributed by atoms with Crippen molar-refractivity contribution >= 4 is 7.05 Å². The molecule has 84 valence electrons. The summed E-state index contributed by atoms with van der Waals surface area (Å²) in [5.74, 6) is 0. The van der Waals surface area contributed by atoms with E-state index in [9.17, 15) is 9.41 Å². The summed E-state index contributed by atoms with van der Waals surface area (Å²) in [6.45, 7) is 2.32. The zero-order valence-corrected chi connectivity index (χ0v) is 9.03. The number of ether oxygens (including phenoxy) is 1. The number of nitrogens with zero attached hydrogens (tertiary/aromatic N) is 1. The summed E-state index contributed by atoms with van der Waals surface area (Å²) in [7, 11) is -0.533. The zero-order chi connectivity index (χ0) is 10.6. The molecule has 4 atom stereocenters. The third-order valence-electron chi connectivity index (χ3n) is 4.21. The first-order chi connectivity index (χ1) is 7.14. The number of halogens is 1. The van der Waals surface area contributed by atoms with Crippen molar-refractivity contribution in [3.05, 3.63) is 0 Å². The van der Waals surface area contributed by atoms with E-state index < -0.39 is 18.8 Å². The van der Waals surface area contributed by atoms with Gasteiger partial charge in [-0.05, 0) is 26.1 Å². The number of hydrogen-bond acceptors (Lipinski definition) is 3. The Morgan fingerprint density at radius 1 is 1.53 bits per heavy atom. The fourth-order valence-electron chi connectivity index (χ4n) is 3.45. The van der Waals surface area contributed by atoms with Gasteiger partial charge in [-0.15, -0.1) is 0 Å². The molecule has 3 aliphatic heterocycles. The summed E-state index contributed by atoms with van der Waals surface area (Å²) in [5.41, 5.74) is -0.471. The molecule has 0 aromatic carbocycles. The van der Waals surface area contributed by atoms with E-state index in [0.29, 0.717) is 12.6 Å². The molecule has 2 bridgehead atoms. The van der Waals surface area contributed by atoms with E-state index in [-0.39, 0.29) is 6.04 Å². The average molecular weight is 213 g/mol. The molecule has 3 nitrogen and oxygen atoms in total. The molecule has 0 aromatic rings. The van der Waals surface area contributed by atoms with Crippen LogP contribution in [-0.4, -0.2) is 47.3 Å². The number of hydrogen-bond donors (Lipinski definition) is 1. The van der Waals surface area contributed by atoms with Gasteiger partial charge in [-0.2, -0.15) is 0 Å². The van der Waals surface area contributed by atoms with Crippen LogP contribution in [0.1, 0.15) is 25.7 Å². The average Bonchev–Trinajstić information content (AvgIpc) is 2.95. The van der Waals surface area contributed by atoms with Crippen LogP contribution >= 0.6 is 0 Å². The van der Waals surface area contributed by atoms with Crippen molar-refractivity contribution in [1.29, 1.82) is 0 Å². The lowest BCUT2D eigenvalue weighted by atomic mass is 9.68. The van der Waals surface area contributed by atoms with Gasteiger partial charge in [0.2, 0.25) is 0 Å². The predicted octanol–water partition coefficient (Wildman–Crippen LogP) is 0.831. The molecule has 0 radical (unpaired) electrons. The van der Waals surface area contributed by atoms with E-state index in [4.69, 9.17) is 4.74 Å². The van der Waals surface area contributed by atoms with E-state index in [1.165, 1.54) is 0 Å². The fourth-order valence-corrected chi connectivity index (χ4v) is 3.45. The molecule has 0 saturated carbocycles. The molecule has 5 heteroatoms. The van der Waals surface area contributed by atoms with Crippen LogP contribution in [0.25, 0.3) is 0 Å². The molecule has 3 heterocycles. The van der Waals surface area contributed by atoms with Gasteiger partial charge >= 0.3 is 7.05 Å². The summed E-state index contributed by atoms with van der Waals surface area (Å²) in [6.07, 6.45) is 2.85. The summed E-state index contributed by atoms with van der Waals surface area (Å²) in [4.78, 5) is 1.96. The van der Waals surface area contributed by atoms with Crippen LogP contribution in [0.5, 0.6) is 0 Å². The topological polar surface area (TPSA) is 36.0 Å². The largest absolute Gasteiger partial charge is 0.437 e. The summed E-state index contributed by atoms with van der Waals surface area (Å²) < 4.78 is 19.6. The van der Waals surface area contributed by atoms with Crippen molar-refractivity contribution in [2.24, 2.45) is 0 Å². The Hall–Kier alpha value is -0.125. The van der Waals surface area contributed by atoms with Gasteiger partial charge < -0.3 is 14.6 Å². The third kappa shape index (κ3) is 1.36. The first kappa shape index (κ1) is 10.1. The minimum atomic E-state index is -0.913. The number of epoxide rings is 1. The molecular weight excluding hydrogens is 196 g/mol. The van der Waals surface area contributed by atoms with Crippen LogP contribution in [0.3, 0.4) is 0 Å². The summed E-state index contributed by atoms with van der Waals surface area (Å²) in [6, 6.07) is 0.193. The van der Waals surface area contributed by atoms with Crippen molar-refractivity contribution in [2.45, 2.75) is 56.4 Å². The molecule has 1 spiro atoms. The van der Waals surface area contributed by atoms with Gasteiger partial charge in [0.1, 0.15) is 11.8 Å². The highest BCUT2D eigenvalue weighted by atomic mass is 19.1. The minimum Gasteiger partial charge on any atom is -0.437 e. The van der Waals surface area contributed by atoms with E-state index in [2.05, 4.69) is 0 Å². The number of alkyl halides is 1. The maximum atomic E-state index is 14.2. The molecule has 1 N–H and O–H groups in total. The Labute approximate surface area is 89.7 Å². The van der Waals surface area contributed by atoms with Crippen LogP contribution < -0.4 is 0 Å². The first-order valence-electron chi connectivity index (χ1n) is 5.88. The van der Waals surface area contributed by atoms with Crippen LogP contribution in [0, 0.1) is 0 Å². The molecule has 0 aliphatic carbocycles. The Kier molecular flexibility index (Phi) is 2.13. The van der Waals surface area contributed by atoms with Crippen molar-refractivity contribution in [3.8, 4) is 0 Å². The molecule has 3 rings (SSSR count). The van der Waals surface area contributed by atoms with Crippen LogP contribution in [0.2, 0.25) is 6.82 Å². The minimum absolute atomic E-state index is 0.125. The summed E-state index contributed by atoms with van der Waals surface area (Å²) in [5, 5.41) is 9.71. The Balaban J connectivity index is 1.88. The Bertz CT molecular complexity index is 272. The smallest absolute Gasteiger partial charge is 0.376 e. The van der Waals surface area contributed by atoms with Gasteiger partial charge in [0.25, 0.3) is 0 Å². The highest BCUT2D eigenvalue weighted by Crippen LogP contribution is 2.49.